The molecule has 1 saturated heterocycles. The third-order valence-electron chi connectivity index (χ3n) is 5.12. The summed E-state index contributed by atoms with van der Waals surface area (Å²) in [6.07, 6.45) is 0. The Hall–Kier alpha value is -2.58. The number of carbonyl (C=O) groups excluding carboxylic acids is 1. The zero-order valence-electron chi connectivity index (χ0n) is 16.6. The molecule has 0 bridgehead atoms. The van der Waals surface area contributed by atoms with E-state index in [1.165, 1.54) is 22.5 Å². The van der Waals surface area contributed by atoms with E-state index in [0.29, 0.717) is 43.8 Å². The molecule has 1 fully saturated rings. The molecule has 152 valence electrons. The molecule has 1 aliphatic heterocycles. The minimum Gasteiger partial charge on any atom is -0.485 e. The van der Waals surface area contributed by atoms with Crippen molar-refractivity contribution in [3.8, 4) is 5.75 Å². The molecule has 29 heavy (non-hydrogen) atoms. The van der Waals surface area contributed by atoms with Crippen LogP contribution in [0.3, 0.4) is 0 Å². The molecule has 8 heteroatoms. The van der Waals surface area contributed by atoms with Crippen LogP contribution in [0.1, 0.15) is 11.4 Å². The zero-order valence-corrected chi connectivity index (χ0v) is 17.4. The van der Waals surface area contributed by atoms with E-state index >= 15 is 0 Å². The normalized spacial score (nSPS) is 14.3. The Morgan fingerprint density at radius 3 is 2.79 bits per heavy atom. The fraction of sp³-hybridized carbons (Fsp3) is 0.381. The quantitative estimate of drug-likeness (QED) is 0.580. The predicted molar refractivity (Wildman–Crippen MR) is 112 cm³/mol. The second-order valence-corrected chi connectivity index (χ2v) is 7.88. The minimum absolute atomic E-state index is 0.103. The van der Waals surface area contributed by atoms with Crippen molar-refractivity contribution in [2.45, 2.75) is 18.7 Å². The number of amides is 1. The van der Waals surface area contributed by atoms with E-state index in [1.807, 2.05) is 34.7 Å². The molecule has 4 rings (SSSR count). The molecule has 0 N–H and O–H groups in total. The van der Waals surface area contributed by atoms with Gasteiger partial charge in [-0.15, -0.1) is 10.2 Å². The van der Waals surface area contributed by atoms with Gasteiger partial charge in [-0.3, -0.25) is 4.79 Å². The van der Waals surface area contributed by atoms with Gasteiger partial charge in [0, 0.05) is 20.1 Å². The van der Waals surface area contributed by atoms with E-state index in [2.05, 4.69) is 35.3 Å². The highest BCUT2D eigenvalue weighted by Gasteiger charge is 2.18. The van der Waals surface area contributed by atoms with Gasteiger partial charge >= 0.3 is 0 Å². The summed E-state index contributed by atoms with van der Waals surface area (Å²) in [4.78, 5) is 14.1. The van der Waals surface area contributed by atoms with Crippen LogP contribution in [0.4, 0.5) is 0 Å². The van der Waals surface area contributed by atoms with Crippen molar-refractivity contribution < 1.29 is 14.3 Å². The highest BCUT2D eigenvalue weighted by atomic mass is 32.2. The van der Waals surface area contributed by atoms with Crippen molar-refractivity contribution in [3.05, 3.63) is 47.8 Å². The van der Waals surface area contributed by atoms with E-state index in [1.54, 1.807) is 0 Å². The Kier molecular flexibility index (Phi) is 6.01. The molecular weight excluding hydrogens is 388 g/mol. The van der Waals surface area contributed by atoms with Gasteiger partial charge in [-0.25, -0.2) is 0 Å². The molecule has 7 nitrogen and oxygen atoms in total. The van der Waals surface area contributed by atoms with Crippen molar-refractivity contribution in [1.29, 1.82) is 0 Å². The van der Waals surface area contributed by atoms with Crippen LogP contribution in [0.15, 0.2) is 41.6 Å². The fourth-order valence-electron chi connectivity index (χ4n) is 3.33. The summed E-state index contributed by atoms with van der Waals surface area (Å²) in [6.45, 7) is 4.91. The van der Waals surface area contributed by atoms with Gasteiger partial charge in [0.1, 0.15) is 12.4 Å². The van der Waals surface area contributed by atoms with Crippen LogP contribution >= 0.6 is 11.8 Å². The number of nitrogens with zero attached hydrogens (tertiary/aromatic N) is 4. The number of benzene rings is 2. The monoisotopic (exact) mass is 412 g/mol. The van der Waals surface area contributed by atoms with Crippen molar-refractivity contribution in [2.75, 3.05) is 32.1 Å². The molecule has 0 spiro atoms. The summed E-state index contributed by atoms with van der Waals surface area (Å²) in [5.74, 6) is 2.00. The van der Waals surface area contributed by atoms with E-state index in [4.69, 9.17) is 9.47 Å². The maximum atomic E-state index is 12.3. The van der Waals surface area contributed by atoms with Gasteiger partial charge in [-0.05, 0) is 29.3 Å². The van der Waals surface area contributed by atoms with Crippen molar-refractivity contribution >= 4 is 28.4 Å². The molecule has 1 aliphatic rings. The average molecular weight is 413 g/mol. The Labute approximate surface area is 174 Å². The van der Waals surface area contributed by atoms with Gasteiger partial charge in [0.05, 0.1) is 19.0 Å². The highest BCUT2D eigenvalue weighted by Crippen LogP contribution is 2.27. The van der Waals surface area contributed by atoms with Crippen LogP contribution < -0.4 is 4.74 Å². The highest BCUT2D eigenvalue weighted by molar-refractivity contribution is 7.99. The van der Waals surface area contributed by atoms with Gasteiger partial charge in [0.15, 0.2) is 11.0 Å². The molecule has 0 saturated carbocycles. The Morgan fingerprint density at radius 1 is 1.17 bits per heavy atom. The molecular formula is C21H24N4O3S. The fourth-order valence-corrected chi connectivity index (χ4v) is 4.17. The maximum absolute atomic E-state index is 12.3. The number of aryl methyl sites for hydroxylation is 1. The summed E-state index contributed by atoms with van der Waals surface area (Å²) in [7, 11) is 1.90. The van der Waals surface area contributed by atoms with Gasteiger partial charge in [0.2, 0.25) is 5.91 Å². The number of rotatable bonds is 6. The summed E-state index contributed by atoms with van der Waals surface area (Å²) >= 11 is 1.40. The van der Waals surface area contributed by atoms with E-state index in [0.717, 1.165) is 17.1 Å². The summed E-state index contributed by atoms with van der Waals surface area (Å²) in [5.41, 5.74) is 1.11. The van der Waals surface area contributed by atoms with Crippen LogP contribution in [-0.4, -0.2) is 57.6 Å². The number of thioether (sulfide) groups is 1. The minimum atomic E-state index is 0.103. The first kappa shape index (κ1) is 19.7. The standard InChI is InChI=1S/C21H24N4O3S/c1-15-17-6-4-3-5-16(17)7-8-18(15)28-13-19-22-23-21(24(19)2)29-14-20(26)25-9-11-27-12-10-25/h3-8H,9-14H2,1-2H3. The van der Waals surface area contributed by atoms with Crippen molar-refractivity contribution in [3.63, 3.8) is 0 Å². The predicted octanol–water partition coefficient (Wildman–Crippen LogP) is 2.81. The third-order valence-corrected chi connectivity index (χ3v) is 6.12. The summed E-state index contributed by atoms with van der Waals surface area (Å²) < 4.78 is 13.2. The number of morpholine rings is 1. The molecule has 3 aromatic rings. The lowest BCUT2D eigenvalue weighted by molar-refractivity contribution is -0.132. The Bertz CT molecular complexity index is 1010. The summed E-state index contributed by atoms with van der Waals surface area (Å²) in [6, 6.07) is 12.3. The number of fused-ring (bicyclic) bond motifs is 1. The van der Waals surface area contributed by atoms with Gasteiger partial charge in [-0.2, -0.15) is 0 Å². The summed E-state index contributed by atoms with van der Waals surface area (Å²) in [5, 5.41) is 11.5. The molecule has 0 unspecified atom stereocenters. The largest absolute Gasteiger partial charge is 0.485 e. The Balaban J connectivity index is 1.37. The third kappa shape index (κ3) is 4.38. The van der Waals surface area contributed by atoms with E-state index < -0.39 is 0 Å². The van der Waals surface area contributed by atoms with Crippen LogP contribution in [0.2, 0.25) is 0 Å². The molecule has 0 radical (unpaired) electrons. The first-order chi connectivity index (χ1) is 14.1. The lowest BCUT2D eigenvalue weighted by atomic mass is 10.0. The number of ether oxygens (including phenoxy) is 2. The zero-order chi connectivity index (χ0) is 20.2. The number of carbonyl (C=O) groups is 1. The number of aromatic nitrogens is 3. The van der Waals surface area contributed by atoms with Gasteiger partial charge < -0.3 is 18.9 Å². The van der Waals surface area contributed by atoms with Crippen LogP contribution in [0.5, 0.6) is 5.75 Å². The van der Waals surface area contributed by atoms with Crippen LogP contribution in [-0.2, 0) is 23.2 Å². The van der Waals surface area contributed by atoms with Crippen LogP contribution in [0, 0.1) is 6.92 Å². The lowest BCUT2D eigenvalue weighted by Gasteiger charge is -2.26. The molecule has 0 atom stereocenters. The molecule has 0 aliphatic carbocycles. The molecule has 2 heterocycles. The van der Waals surface area contributed by atoms with E-state index in [-0.39, 0.29) is 5.91 Å². The van der Waals surface area contributed by atoms with Gasteiger partial charge in [-0.1, -0.05) is 42.1 Å². The topological polar surface area (TPSA) is 69.5 Å². The number of hydrogen-bond acceptors (Lipinski definition) is 6. The molecule has 1 amide bonds. The molecule has 1 aromatic heterocycles. The second-order valence-electron chi connectivity index (χ2n) is 6.94. The van der Waals surface area contributed by atoms with Crippen molar-refractivity contribution in [2.24, 2.45) is 7.05 Å². The molecule has 2 aromatic carbocycles. The number of hydrogen-bond donors (Lipinski definition) is 0. The Morgan fingerprint density at radius 2 is 1.97 bits per heavy atom. The second kappa shape index (κ2) is 8.84. The average Bonchev–Trinajstić information content (AvgIpc) is 3.12. The first-order valence-electron chi connectivity index (χ1n) is 9.61. The van der Waals surface area contributed by atoms with Gasteiger partial charge in [0.25, 0.3) is 0 Å². The lowest BCUT2D eigenvalue weighted by Crippen LogP contribution is -2.41. The first-order valence-corrected chi connectivity index (χ1v) is 10.6. The SMILES string of the molecule is Cc1c(OCc2nnc(SCC(=O)N3CCOCC3)n2C)ccc2ccccc12. The van der Waals surface area contributed by atoms with Crippen molar-refractivity contribution in [1.82, 2.24) is 19.7 Å². The smallest absolute Gasteiger partial charge is 0.233 e. The van der Waals surface area contributed by atoms with Crippen LogP contribution in [0.25, 0.3) is 10.8 Å². The maximum Gasteiger partial charge on any atom is 0.233 e. The van der Waals surface area contributed by atoms with E-state index in [9.17, 15) is 4.79 Å².